The lowest BCUT2D eigenvalue weighted by atomic mass is 10.1. The fourth-order valence-corrected chi connectivity index (χ4v) is 2.19. The van der Waals surface area contributed by atoms with E-state index in [-0.39, 0.29) is 0 Å². The minimum absolute atomic E-state index is 0.383. The second-order valence-corrected chi connectivity index (χ2v) is 4.88. The van der Waals surface area contributed by atoms with Crippen molar-refractivity contribution in [2.24, 2.45) is 0 Å². The monoisotopic (exact) mass is 300 g/mol. The third-order valence-electron chi connectivity index (χ3n) is 3.09. The standard InChI is InChI=1S/C16H13ClN2O2/c1-20-13-9-7-12(8-10-13)15-18-19-16(21-15)14(17)11-5-3-2-4-6-11/h2-10,14H,1H3. The summed E-state index contributed by atoms with van der Waals surface area (Å²) in [6.45, 7) is 0. The lowest BCUT2D eigenvalue weighted by molar-refractivity contribution is 0.415. The molecular formula is C16H13ClN2O2. The van der Waals surface area contributed by atoms with Crippen LogP contribution in [0, 0.1) is 0 Å². The lowest BCUT2D eigenvalue weighted by Gasteiger charge is -2.04. The summed E-state index contributed by atoms with van der Waals surface area (Å²) in [4.78, 5) is 0. The molecule has 0 radical (unpaired) electrons. The average molecular weight is 301 g/mol. The molecule has 106 valence electrons. The van der Waals surface area contributed by atoms with Crippen molar-refractivity contribution in [3.8, 4) is 17.2 Å². The molecule has 0 aliphatic heterocycles. The van der Waals surface area contributed by atoms with Gasteiger partial charge in [0.15, 0.2) is 0 Å². The van der Waals surface area contributed by atoms with E-state index in [1.807, 2.05) is 54.6 Å². The Bertz CT molecular complexity index is 711. The topological polar surface area (TPSA) is 48.2 Å². The summed E-state index contributed by atoms with van der Waals surface area (Å²) in [5.41, 5.74) is 1.75. The van der Waals surface area contributed by atoms with Crippen LogP contribution in [-0.2, 0) is 0 Å². The average Bonchev–Trinajstić information content (AvgIpc) is 3.05. The minimum atomic E-state index is -0.453. The van der Waals surface area contributed by atoms with E-state index in [1.165, 1.54) is 0 Å². The molecule has 1 atom stereocenters. The Balaban J connectivity index is 1.85. The first-order valence-corrected chi connectivity index (χ1v) is 6.88. The van der Waals surface area contributed by atoms with Crippen molar-refractivity contribution in [1.29, 1.82) is 0 Å². The Labute approximate surface area is 127 Å². The van der Waals surface area contributed by atoms with Crippen LogP contribution >= 0.6 is 11.6 Å². The zero-order valence-electron chi connectivity index (χ0n) is 11.4. The van der Waals surface area contributed by atoms with Crippen LogP contribution in [0.3, 0.4) is 0 Å². The smallest absolute Gasteiger partial charge is 0.247 e. The van der Waals surface area contributed by atoms with Crippen LogP contribution in [0.5, 0.6) is 5.75 Å². The van der Waals surface area contributed by atoms with Gasteiger partial charge in [-0.05, 0) is 29.8 Å². The molecule has 0 fully saturated rings. The molecule has 3 aromatic rings. The van der Waals surface area contributed by atoms with Gasteiger partial charge in [-0.25, -0.2) is 0 Å². The van der Waals surface area contributed by atoms with Crippen molar-refractivity contribution >= 4 is 11.6 Å². The minimum Gasteiger partial charge on any atom is -0.497 e. The maximum absolute atomic E-state index is 6.36. The van der Waals surface area contributed by atoms with Crippen LogP contribution in [0.15, 0.2) is 59.0 Å². The van der Waals surface area contributed by atoms with E-state index in [1.54, 1.807) is 7.11 Å². The third kappa shape index (κ3) is 2.90. The highest BCUT2D eigenvalue weighted by Gasteiger charge is 2.18. The number of hydrogen-bond acceptors (Lipinski definition) is 4. The van der Waals surface area contributed by atoms with E-state index in [0.29, 0.717) is 11.8 Å². The van der Waals surface area contributed by atoms with E-state index in [9.17, 15) is 0 Å². The summed E-state index contributed by atoms with van der Waals surface area (Å²) in [6.07, 6.45) is 0. The van der Waals surface area contributed by atoms with E-state index in [2.05, 4.69) is 10.2 Å². The number of hydrogen-bond donors (Lipinski definition) is 0. The quantitative estimate of drug-likeness (QED) is 0.681. The normalized spacial score (nSPS) is 12.1. The highest BCUT2D eigenvalue weighted by molar-refractivity contribution is 6.22. The van der Waals surface area contributed by atoms with Gasteiger partial charge in [0.25, 0.3) is 0 Å². The first-order valence-electron chi connectivity index (χ1n) is 6.45. The molecule has 0 N–H and O–H groups in total. The summed E-state index contributed by atoms with van der Waals surface area (Å²) in [5.74, 6) is 1.60. The summed E-state index contributed by atoms with van der Waals surface area (Å²) in [5, 5.41) is 7.63. The number of nitrogens with zero attached hydrogens (tertiary/aromatic N) is 2. The third-order valence-corrected chi connectivity index (χ3v) is 3.53. The van der Waals surface area contributed by atoms with Crippen molar-refractivity contribution < 1.29 is 9.15 Å². The predicted octanol–water partition coefficient (Wildman–Crippen LogP) is 4.07. The van der Waals surface area contributed by atoms with Crippen LogP contribution in [0.4, 0.5) is 0 Å². The van der Waals surface area contributed by atoms with Gasteiger partial charge in [0.1, 0.15) is 11.1 Å². The van der Waals surface area contributed by atoms with E-state index < -0.39 is 5.38 Å². The molecule has 2 aromatic carbocycles. The summed E-state index contributed by atoms with van der Waals surface area (Å²) in [6, 6.07) is 17.0. The number of methoxy groups -OCH3 is 1. The maximum atomic E-state index is 6.36. The van der Waals surface area contributed by atoms with Crippen molar-refractivity contribution in [2.45, 2.75) is 5.38 Å². The zero-order chi connectivity index (χ0) is 14.7. The van der Waals surface area contributed by atoms with Gasteiger partial charge in [-0.15, -0.1) is 21.8 Å². The van der Waals surface area contributed by atoms with Gasteiger partial charge in [0.2, 0.25) is 11.8 Å². The number of aromatic nitrogens is 2. The van der Waals surface area contributed by atoms with Crippen LogP contribution in [0.25, 0.3) is 11.5 Å². The fraction of sp³-hybridized carbons (Fsp3) is 0.125. The van der Waals surface area contributed by atoms with E-state index >= 15 is 0 Å². The molecule has 1 unspecified atom stereocenters. The van der Waals surface area contributed by atoms with Crippen LogP contribution in [0.1, 0.15) is 16.8 Å². The molecule has 4 nitrogen and oxygen atoms in total. The summed E-state index contributed by atoms with van der Waals surface area (Å²) in [7, 11) is 1.62. The van der Waals surface area contributed by atoms with Crippen LogP contribution < -0.4 is 4.74 Å². The molecular weight excluding hydrogens is 288 g/mol. The number of alkyl halides is 1. The highest BCUT2D eigenvalue weighted by atomic mass is 35.5. The zero-order valence-corrected chi connectivity index (χ0v) is 12.1. The van der Waals surface area contributed by atoms with Crippen molar-refractivity contribution in [1.82, 2.24) is 10.2 Å². The van der Waals surface area contributed by atoms with Gasteiger partial charge in [-0.3, -0.25) is 0 Å². The molecule has 0 saturated heterocycles. The molecule has 5 heteroatoms. The van der Waals surface area contributed by atoms with Gasteiger partial charge in [0, 0.05) is 5.56 Å². The largest absolute Gasteiger partial charge is 0.497 e. The van der Waals surface area contributed by atoms with Crippen LogP contribution in [-0.4, -0.2) is 17.3 Å². The Morgan fingerprint density at radius 1 is 1.00 bits per heavy atom. The van der Waals surface area contributed by atoms with Crippen molar-refractivity contribution in [2.75, 3.05) is 7.11 Å². The molecule has 1 aromatic heterocycles. The molecule has 0 aliphatic carbocycles. The van der Waals surface area contributed by atoms with Gasteiger partial charge in [-0.1, -0.05) is 30.3 Å². The van der Waals surface area contributed by atoms with Gasteiger partial charge >= 0.3 is 0 Å². The first kappa shape index (κ1) is 13.6. The molecule has 0 saturated carbocycles. The van der Waals surface area contributed by atoms with E-state index in [4.69, 9.17) is 20.8 Å². The Kier molecular flexibility index (Phi) is 3.88. The maximum Gasteiger partial charge on any atom is 0.247 e. The molecule has 0 bridgehead atoms. The predicted molar refractivity (Wildman–Crippen MR) is 80.4 cm³/mol. The molecule has 0 spiro atoms. The Morgan fingerprint density at radius 3 is 2.38 bits per heavy atom. The molecule has 3 rings (SSSR count). The molecule has 0 aliphatic rings. The molecule has 1 heterocycles. The Hall–Kier alpha value is -2.33. The second-order valence-electron chi connectivity index (χ2n) is 4.45. The highest BCUT2D eigenvalue weighted by Crippen LogP contribution is 2.30. The van der Waals surface area contributed by atoms with Gasteiger partial charge in [-0.2, -0.15) is 0 Å². The first-order chi connectivity index (χ1) is 10.3. The Morgan fingerprint density at radius 2 is 1.71 bits per heavy atom. The summed E-state index contributed by atoms with van der Waals surface area (Å²) < 4.78 is 10.8. The van der Waals surface area contributed by atoms with E-state index in [0.717, 1.165) is 16.9 Å². The molecule has 21 heavy (non-hydrogen) atoms. The van der Waals surface area contributed by atoms with Crippen molar-refractivity contribution in [3.05, 3.63) is 66.1 Å². The van der Waals surface area contributed by atoms with Gasteiger partial charge in [0.05, 0.1) is 7.11 Å². The number of ether oxygens (including phenoxy) is 1. The van der Waals surface area contributed by atoms with Crippen LogP contribution in [0.2, 0.25) is 0 Å². The fourth-order valence-electron chi connectivity index (χ4n) is 1.95. The summed E-state index contributed by atoms with van der Waals surface area (Å²) >= 11 is 6.36. The van der Waals surface area contributed by atoms with Crippen molar-refractivity contribution in [3.63, 3.8) is 0 Å². The number of benzene rings is 2. The lowest BCUT2D eigenvalue weighted by Crippen LogP contribution is -1.92. The SMILES string of the molecule is COc1ccc(-c2nnc(C(Cl)c3ccccc3)o2)cc1. The number of halogens is 1. The van der Waals surface area contributed by atoms with Gasteiger partial charge < -0.3 is 9.15 Å². The number of rotatable bonds is 4. The second kappa shape index (κ2) is 5.97. The molecule has 0 amide bonds.